The number of anilines is 2. The van der Waals surface area contributed by atoms with E-state index in [4.69, 9.17) is 11.6 Å². The minimum absolute atomic E-state index is 0.0574. The molecule has 1 N–H and O–H groups in total. The van der Waals surface area contributed by atoms with Crippen molar-refractivity contribution in [1.82, 2.24) is 19.4 Å². The van der Waals surface area contributed by atoms with E-state index in [-0.39, 0.29) is 23.3 Å². The molecule has 0 unspecified atom stereocenters. The second-order valence-corrected chi connectivity index (χ2v) is 9.97. The lowest BCUT2D eigenvalue weighted by Gasteiger charge is -2.38. The molecule has 11 heteroatoms. The normalized spacial score (nSPS) is 17.0. The highest BCUT2D eigenvalue weighted by Crippen LogP contribution is 2.37. The fourth-order valence-corrected chi connectivity index (χ4v) is 5.67. The van der Waals surface area contributed by atoms with Crippen molar-refractivity contribution in [1.29, 1.82) is 0 Å². The number of hydrogen-bond acceptors (Lipinski definition) is 7. The Hall–Kier alpha value is -2.69. The second-order valence-electron chi connectivity index (χ2n) is 8.54. The lowest BCUT2D eigenvalue weighted by Crippen LogP contribution is -2.45. The van der Waals surface area contributed by atoms with E-state index in [9.17, 15) is 14.0 Å². The summed E-state index contributed by atoms with van der Waals surface area (Å²) in [5.74, 6) is 1.16. The Bertz CT molecular complexity index is 1310. The van der Waals surface area contributed by atoms with Gasteiger partial charge in [-0.15, -0.1) is 11.8 Å². The average molecular weight is 503 g/mol. The standard InChI is InChI=1S/C23H24ClFN6O2S/c1-29(23-16(24)11-19-22(28-23)27-20(32)13-34-19)15-4-6-30(7-5-15)8-9-31-18-10-14(25)2-3-17(18)26-12-21(31)33/h2-3,10-12,15H,4-9,13H2,1H3,(H,27,28,32). The molecule has 0 radical (unpaired) electrons. The van der Waals surface area contributed by atoms with Gasteiger partial charge in [-0.05, 0) is 37.1 Å². The number of aromatic nitrogens is 3. The molecule has 0 bridgehead atoms. The third-order valence-electron chi connectivity index (χ3n) is 6.43. The lowest BCUT2D eigenvalue weighted by molar-refractivity contribution is -0.113. The van der Waals surface area contributed by atoms with Crippen molar-refractivity contribution in [3.8, 4) is 0 Å². The minimum Gasteiger partial charge on any atom is -0.355 e. The quantitative estimate of drug-likeness (QED) is 0.573. The number of benzene rings is 1. The third kappa shape index (κ3) is 4.62. The molecule has 0 atom stereocenters. The molecule has 0 spiro atoms. The van der Waals surface area contributed by atoms with Gasteiger partial charge in [0.2, 0.25) is 5.91 Å². The number of pyridine rings is 1. The minimum atomic E-state index is -0.384. The highest BCUT2D eigenvalue weighted by molar-refractivity contribution is 8.00. The number of nitrogens with zero attached hydrogens (tertiary/aromatic N) is 5. The van der Waals surface area contributed by atoms with E-state index in [1.807, 2.05) is 13.1 Å². The Morgan fingerprint density at radius 3 is 2.82 bits per heavy atom. The van der Waals surface area contributed by atoms with E-state index in [1.165, 1.54) is 30.1 Å². The molecule has 8 nitrogen and oxygen atoms in total. The van der Waals surface area contributed by atoms with Crippen LogP contribution in [0.4, 0.5) is 16.0 Å². The molecule has 4 heterocycles. The molecule has 3 aromatic rings. The zero-order chi connectivity index (χ0) is 23.8. The summed E-state index contributed by atoms with van der Waals surface area (Å²) in [6.07, 6.45) is 3.11. The van der Waals surface area contributed by atoms with Crippen LogP contribution in [0.1, 0.15) is 12.8 Å². The predicted molar refractivity (Wildman–Crippen MR) is 132 cm³/mol. The maximum absolute atomic E-state index is 13.7. The zero-order valence-electron chi connectivity index (χ0n) is 18.6. The third-order valence-corrected chi connectivity index (χ3v) is 7.73. The second kappa shape index (κ2) is 9.52. The number of carbonyl (C=O) groups excluding carboxylic acids is 1. The first-order valence-electron chi connectivity index (χ1n) is 11.1. The number of carbonyl (C=O) groups is 1. The number of fused-ring (bicyclic) bond motifs is 2. The van der Waals surface area contributed by atoms with Gasteiger partial charge in [0.1, 0.15) is 17.5 Å². The van der Waals surface area contributed by atoms with Crippen LogP contribution in [0.5, 0.6) is 0 Å². The first-order valence-corrected chi connectivity index (χ1v) is 12.5. The van der Waals surface area contributed by atoms with Crippen molar-refractivity contribution in [2.24, 2.45) is 0 Å². The molecule has 5 rings (SSSR count). The number of piperidine rings is 1. The fourth-order valence-electron chi connectivity index (χ4n) is 4.53. The van der Waals surface area contributed by atoms with E-state index < -0.39 is 0 Å². The van der Waals surface area contributed by atoms with E-state index in [2.05, 4.69) is 25.1 Å². The predicted octanol–water partition coefficient (Wildman–Crippen LogP) is 3.23. The van der Waals surface area contributed by atoms with Crippen molar-refractivity contribution >= 4 is 51.9 Å². The van der Waals surface area contributed by atoms with Gasteiger partial charge in [-0.25, -0.2) is 14.4 Å². The smallest absolute Gasteiger partial charge is 0.269 e. The van der Waals surface area contributed by atoms with Crippen LogP contribution in [0.2, 0.25) is 5.02 Å². The van der Waals surface area contributed by atoms with Gasteiger partial charge in [0.05, 0.1) is 32.9 Å². The van der Waals surface area contributed by atoms with E-state index in [0.29, 0.717) is 46.5 Å². The maximum Gasteiger partial charge on any atom is 0.269 e. The van der Waals surface area contributed by atoms with Gasteiger partial charge in [0.25, 0.3) is 5.56 Å². The van der Waals surface area contributed by atoms with E-state index in [1.54, 1.807) is 10.6 Å². The van der Waals surface area contributed by atoms with Gasteiger partial charge in [-0.1, -0.05) is 11.6 Å². The Kier molecular flexibility index (Phi) is 6.46. The number of hydrogen-bond donors (Lipinski definition) is 1. The molecule has 1 amide bonds. The topological polar surface area (TPSA) is 83.4 Å². The average Bonchev–Trinajstić information content (AvgIpc) is 2.83. The van der Waals surface area contributed by atoms with Crippen molar-refractivity contribution in [2.45, 2.75) is 30.3 Å². The molecule has 0 saturated carbocycles. The Labute approximate surface area is 205 Å². The zero-order valence-corrected chi connectivity index (χ0v) is 20.2. The molecule has 2 aromatic heterocycles. The summed E-state index contributed by atoms with van der Waals surface area (Å²) in [6.45, 7) is 2.87. The maximum atomic E-state index is 13.7. The summed E-state index contributed by atoms with van der Waals surface area (Å²) in [7, 11) is 1.98. The van der Waals surface area contributed by atoms with Gasteiger partial charge in [0.15, 0.2) is 0 Å². The number of likely N-dealkylation sites (tertiary alicyclic amines) is 1. The first kappa shape index (κ1) is 23.1. The first-order chi connectivity index (χ1) is 16.4. The van der Waals surface area contributed by atoms with Gasteiger partial charge < -0.3 is 19.7 Å². The van der Waals surface area contributed by atoms with Crippen molar-refractivity contribution in [3.63, 3.8) is 0 Å². The van der Waals surface area contributed by atoms with Gasteiger partial charge in [-0.2, -0.15) is 0 Å². The van der Waals surface area contributed by atoms with E-state index >= 15 is 0 Å². The molecule has 178 valence electrons. The molecule has 2 aliphatic rings. The summed E-state index contributed by atoms with van der Waals surface area (Å²) >= 11 is 7.97. The number of amides is 1. The monoisotopic (exact) mass is 502 g/mol. The molecule has 34 heavy (non-hydrogen) atoms. The van der Waals surface area contributed by atoms with Crippen LogP contribution in [0.15, 0.2) is 40.2 Å². The molecule has 2 aliphatic heterocycles. The highest BCUT2D eigenvalue weighted by Gasteiger charge is 2.27. The number of halogens is 2. The lowest BCUT2D eigenvalue weighted by atomic mass is 10.0. The summed E-state index contributed by atoms with van der Waals surface area (Å²) < 4.78 is 15.3. The van der Waals surface area contributed by atoms with Gasteiger partial charge in [-0.3, -0.25) is 9.59 Å². The largest absolute Gasteiger partial charge is 0.355 e. The number of thioether (sulfide) groups is 1. The van der Waals surface area contributed by atoms with E-state index in [0.717, 1.165) is 30.8 Å². The molecular formula is C23H24ClFN6O2S. The molecular weight excluding hydrogens is 479 g/mol. The van der Waals surface area contributed by atoms with Crippen molar-refractivity contribution in [2.75, 3.05) is 42.7 Å². The van der Waals surface area contributed by atoms with Crippen LogP contribution in [0.25, 0.3) is 11.0 Å². The highest BCUT2D eigenvalue weighted by atomic mass is 35.5. The van der Waals surface area contributed by atoms with Crippen LogP contribution in [0.3, 0.4) is 0 Å². The van der Waals surface area contributed by atoms with Crippen LogP contribution >= 0.6 is 23.4 Å². The van der Waals surface area contributed by atoms with Crippen LogP contribution in [-0.4, -0.2) is 63.8 Å². The Morgan fingerprint density at radius 2 is 2.03 bits per heavy atom. The van der Waals surface area contributed by atoms with Gasteiger partial charge >= 0.3 is 0 Å². The summed E-state index contributed by atoms with van der Waals surface area (Å²) in [4.78, 5) is 38.1. The summed E-state index contributed by atoms with van der Waals surface area (Å²) in [6, 6.07) is 6.42. The SMILES string of the molecule is CN(c1nc2c(cc1Cl)SCC(=O)N2)C1CCN(CCn2c(=O)cnc3ccc(F)cc32)CC1. The van der Waals surface area contributed by atoms with Crippen LogP contribution in [0, 0.1) is 5.82 Å². The molecule has 1 saturated heterocycles. The Morgan fingerprint density at radius 1 is 1.24 bits per heavy atom. The Balaban J connectivity index is 1.23. The van der Waals surface area contributed by atoms with Crippen molar-refractivity contribution in [3.05, 3.63) is 51.7 Å². The molecule has 1 fully saturated rings. The van der Waals surface area contributed by atoms with Crippen LogP contribution in [-0.2, 0) is 11.3 Å². The molecule has 0 aliphatic carbocycles. The number of rotatable bonds is 5. The fraction of sp³-hybridized carbons (Fsp3) is 0.391. The number of nitrogens with one attached hydrogen (secondary N) is 1. The summed E-state index contributed by atoms with van der Waals surface area (Å²) in [5.41, 5.74) is 0.886. The molecule has 1 aromatic carbocycles. The van der Waals surface area contributed by atoms with Crippen molar-refractivity contribution < 1.29 is 9.18 Å². The van der Waals surface area contributed by atoms with Gasteiger partial charge in [0, 0.05) is 39.3 Å². The van der Waals surface area contributed by atoms with Crippen LogP contribution < -0.4 is 15.8 Å². The summed E-state index contributed by atoms with van der Waals surface area (Å²) in [5, 5.41) is 3.40.